The number of unbranched alkanes of at least 4 members (excludes halogenated alkanes) is 2. The third kappa shape index (κ3) is 4.41. The fourth-order valence-electron chi connectivity index (χ4n) is 2.17. The number of carbonyl (C=O) groups excluding carboxylic acids is 1. The van der Waals surface area contributed by atoms with E-state index in [-0.39, 0.29) is 5.91 Å². The van der Waals surface area contributed by atoms with Gasteiger partial charge >= 0.3 is 0 Å². The van der Waals surface area contributed by atoms with Crippen LogP contribution < -0.4 is 14.8 Å². The van der Waals surface area contributed by atoms with Crippen LogP contribution in [0.3, 0.4) is 0 Å². The Morgan fingerprint density at radius 2 is 1.87 bits per heavy atom. The van der Waals surface area contributed by atoms with E-state index >= 15 is 0 Å². The Labute approximate surface area is 139 Å². The highest BCUT2D eigenvalue weighted by atomic mass is 32.1. The first-order valence-corrected chi connectivity index (χ1v) is 8.36. The summed E-state index contributed by atoms with van der Waals surface area (Å²) in [5, 5.41) is 12.3. The van der Waals surface area contributed by atoms with E-state index < -0.39 is 0 Å². The summed E-state index contributed by atoms with van der Waals surface area (Å²) in [6.45, 7) is 2.16. The van der Waals surface area contributed by atoms with Crippen LogP contribution in [0.5, 0.6) is 11.5 Å². The van der Waals surface area contributed by atoms with Crippen LogP contribution in [0.15, 0.2) is 18.2 Å². The summed E-state index contributed by atoms with van der Waals surface area (Å²) < 4.78 is 10.5. The Morgan fingerprint density at radius 3 is 2.48 bits per heavy atom. The molecule has 0 bridgehead atoms. The number of carbonyl (C=O) groups is 1. The monoisotopic (exact) mass is 335 g/mol. The van der Waals surface area contributed by atoms with E-state index in [2.05, 4.69) is 22.4 Å². The quantitative estimate of drug-likeness (QED) is 0.747. The number of hydrogen-bond donors (Lipinski definition) is 1. The van der Waals surface area contributed by atoms with Crippen molar-refractivity contribution in [3.05, 3.63) is 28.8 Å². The van der Waals surface area contributed by atoms with Gasteiger partial charge in [0.1, 0.15) is 22.1 Å². The minimum Gasteiger partial charge on any atom is -0.496 e. The fraction of sp³-hybridized carbons (Fsp3) is 0.438. The second kappa shape index (κ2) is 8.47. The van der Waals surface area contributed by atoms with E-state index in [1.807, 2.05) is 0 Å². The molecule has 6 nitrogen and oxygen atoms in total. The summed E-state index contributed by atoms with van der Waals surface area (Å²) in [6, 6.07) is 5.20. The van der Waals surface area contributed by atoms with Crippen LogP contribution in [0.1, 0.15) is 41.6 Å². The molecule has 124 valence electrons. The van der Waals surface area contributed by atoms with Crippen LogP contribution in [0.2, 0.25) is 0 Å². The molecule has 0 saturated carbocycles. The van der Waals surface area contributed by atoms with Crippen molar-refractivity contribution in [3.8, 4) is 11.5 Å². The normalized spacial score (nSPS) is 10.4. The van der Waals surface area contributed by atoms with Gasteiger partial charge < -0.3 is 9.47 Å². The van der Waals surface area contributed by atoms with Gasteiger partial charge in [-0.1, -0.05) is 37.2 Å². The van der Waals surface area contributed by atoms with Crippen molar-refractivity contribution in [2.75, 3.05) is 19.5 Å². The van der Waals surface area contributed by atoms with Crippen molar-refractivity contribution in [1.82, 2.24) is 10.2 Å². The molecule has 0 aliphatic carbocycles. The van der Waals surface area contributed by atoms with Crippen molar-refractivity contribution in [1.29, 1.82) is 0 Å². The lowest BCUT2D eigenvalue weighted by Gasteiger charge is -2.11. The first kappa shape index (κ1) is 17.2. The zero-order valence-electron chi connectivity index (χ0n) is 13.6. The molecule has 0 aliphatic rings. The number of benzene rings is 1. The Balaban J connectivity index is 2.10. The number of aryl methyl sites for hydroxylation is 1. The number of rotatable bonds is 8. The molecule has 7 heteroatoms. The van der Waals surface area contributed by atoms with Crippen LogP contribution in [0.4, 0.5) is 5.13 Å². The maximum absolute atomic E-state index is 12.5. The minimum atomic E-state index is -0.324. The first-order valence-electron chi connectivity index (χ1n) is 7.54. The number of methoxy groups -OCH3 is 2. The SMILES string of the molecule is CCCCCc1nnc(NC(=O)c2c(OC)cccc2OC)s1. The third-order valence-electron chi connectivity index (χ3n) is 3.34. The molecule has 2 rings (SSSR count). The zero-order valence-corrected chi connectivity index (χ0v) is 14.4. The predicted molar refractivity (Wildman–Crippen MR) is 90.6 cm³/mol. The second-order valence-electron chi connectivity index (χ2n) is 4.95. The fourth-order valence-corrected chi connectivity index (χ4v) is 2.94. The third-order valence-corrected chi connectivity index (χ3v) is 4.23. The lowest BCUT2D eigenvalue weighted by Crippen LogP contribution is -2.14. The highest BCUT2D eigenvalue weighted by Crippen LogP contribution is 2.29. The second-order valence-corrected chi connectivity index (χ2v) is 6.01. The number of ether oxygens (including phenoxy) is 2. The van der Waals surface area contributed by atoms with E-state index in [9.17, 15) is 4.79 Å². The van der Waals surface area contributed by atoms with Gasteiger partial charge in [-0.15, -0.1) is 10.2 Å². The molecule has 1 amide bonds. The Kier molecular flexibility index (Phi) is 6.34. The van der Waals surface area contributed by atoms with E-state index in [1.54, 1.807) is 18.2 Å². The Hall–Kier alpha value is -2.15. The molecule has 1 aromatic heterocycles. The van der Waals surface area contributed by atoms with Crippen molar-refractivity contribution in [2.24, 2.45) is 0 Å². The number of amides is 1. The van der Waals surface area contributed by atoms with E-state index in [1.165, 1.54) is 32.0 Å². The van der Waals surface area contributed by atoms with Crippen LogP contribution in [-0.2, 0) is 6.42 Å². The van der Waals surface area contributed by atoms with Gasteiger partial charge in [0.15, 0.2) is 0 Å². The van der Waals surface area contributed by atoms with Gasteiger partial charge in [0, 0.05) is 6.42 Å². The van der Waals surface area contributed by atoms with E-state index in [4.69, 9.17) is 9.47 Å². The van der Waals surface area contributed by atoms with Gasteiger partial charge in [-0.05, 0) is 18.6 Å². The highest BCUT2D eigenvalue weighted by Gasteiger charge is 2.19. The summed E-state index contributed by atoms with van der Waals surface area (Å²) in [7, 11) is 3.03. The van der Waals surface area contributed by atoms with Gasteiger partial charge in [0.2, 0.25) is 5.13 Å². The molecule has 1 aromatic carbocycles. The number of anilines is 1. The first-order chi connectivity index (χ1) is 11.2. The number of nitrogens with one attached hydrogen (secondary N) is 1. The standard InChI is InChI=1S/C16H21N3O3S/c1-4-5-6-10-13-18-19-16(23-13)17-15(20)14-11(21-2)8-7-9-12(14)22-3/h7-9H,4-6,10H2,1-3H3,(H,17,19,20). The molecule has 0 radical (unpaired) electrons. The maximum atomic E-state index is 12.5. The van der Waals surface area contributed by atoms with Gasteiger partial charge in [0.25, 0.3) is 5.91 Å². The van der Waals surface area contributed by atoms with Gasteiger partial charge in [-0.3, -0.25) is 10.1 Å². The summed E-state index contributed by atoms with van der Waals surface area (Å²) in [6.07, 6.45) is 4.30. The highest BCUT2D eigenvalue weighted by molar-refractivity contribution is 7.15. The van der Waals surface area contributed by atoms with Crippen LogP contribution >= 0.6 is 11.3 Å². The molecule has 0 atom stereocenters. The smallest absolute Gasteiger partial charge is 0.265 e. The van der Waals surface area contributed by atoms with Crippen molar-refractivity contribution in [3.63, 3.8) is 0 Å². The largest absolute Gasteiger partial charge is 0.496 e. The van der Waals surface area contributed by atoms with Gasteiger partial charge in [0.05, 0.1) is 14.2 Å². The average Bonchev–Trinajstić information content (AvgIpc) is 3.01. The maximum Gasteiger partial charge on any atom is 0.265 e. The lowest BCUT2D eigenvalue weighted by atomic mass is 10.1. The summed E-state index contributed by atoms with van der Waals surface area (Å²) in [5.74, 6) is 0.583. The summed E-state index contributed by atoms with van der Waals surface area (Å²) in [4.78, 5) is 12.5. The van der Waals surface area contributed by atoms with Crippen molar-refractivity contribution in [2.45, 2.75) is 32.6 Å². The predicted octanol–water partition coefficient (Wildman–Crippen LogP) is 3.54. The molecular formula is C16H21N3O3S. The topological polar surface area (TPSA) is 73.3 Å². The molecule has 2 aromatic rings. The van der Waals surface area contributed by atoms with Gasteiger partial charge in [-0.2, -0.15) is 0 Å². The summed E-state index contributed by atoms with van der Waals surface area (Å²) in [5.41, 5.74) is 0.347. The van der Waals surface area contributed by atoms with Crippen molar-refractivity contribution >= 4 is 22.4 Å². The molecule has 23 heavy (non-hydrogen) atoms. The minimum absolute atomic E-state index is 0.324. The van der Waals surface area contributed by atoms with Gasteiger partial charge in [-0.25, -0.2) is 0 Å². The molecule has 1 heterocycles. The average molecular weight is 335 g/mol. The summed E-state index contributed by atoms with van der Waals surface area (Å²) >= 11 is 1.40. The molecule has 0 saturated heterocycles. The van der Waals surface area contributed by atoms with E-state index in [0.29, 0.717) is 22.2 Å². The molecule has 0 fully saturated rings. The number of aromatic nitrogens is 2. The van der Waals surface area contributed by atoms with E-state index in [0.717, 1.165) is 24.3 Å². The lowest BCUT2D eigenvalue weighted by molar-refractivity contribution is 0.102. The Morgan fingerprint density at radius 1 is 1.17 bits per heavy atom. The molecule has 0 aliphatic heterocycles. The molecular weight excluding hydrogens is 314 g/mol. The molecule has 1 N–H and O–H groups in total. The van der Waals surface area contributed by atoms with Crippen molar-refractivity contribution < 1.29 is 14.3 Å². The van der Waals surface area contributed by atoms with Crippen LogP contribution in [0.25, 0.3) is 0 Å². The van der Waals surface area contributed by atoms with Crippen LogP contribution in [-0.4, -0.2) is 30.3 Å². The molecule has 0 unspecified atom stereocenters. The Bertz CT molecular complexity index is 636. The molecule has 0 spiro atoms. The number of nitrogens with zero attached hydrogens (tertiary/aromatic N) is 2. The number of hydrogen-bond acceptors (Lipinski definition) is 6. The zero-order chi connectivity index (χ0) is 16.7. The van der Waals surface area contributed by atoms with Crippen LogP contribution in [0, 0.1) is 0 Å².